The third kappa shape index (κ3) is 5.70. The first-order valence-electron chi connectivity index (χ1n) is 4.88. The molecule has 2 N–H and O–H groups in total. The van der Waals surface area contributed by atoms with E-state index in [4.69, 9.17) is 0 Å². The standard InChI is InChI=1S/C8H10F3N5O3/c1-19-7(18)13-5-2-16(15-14-5)3-6(17)12-4-8(9,10)11/h2H,3-4H2,1H3,(H,12,17)(H,13,18). The van der Waals surface area contributed by atoms with Crippen molar-refractivity contribution in [2.24, 2.45) is 0 Å². The monoisotopic (exact) mass is 281 g/mol. The fourth-order valence-electron chi connectivity index (χ4n) is 0.990. The molecule has 0 fully saturated rings. The Labute approximate surface area is 104 Å². The molecule has 0 unspecified atom stereocenters. The van der Waals surface area contributed by atoms with Crippen molar-refractivity contribution in [2.75, 3.05) is 19.0 Å². The van der Waals surface area contributed by atoms with Crippen LogP contribution in [0.2, 0.25) is 0 Å². The number of carbonyl (C=O) groups excluding carboxylic acids is 2. The van der Waals surface area contributed by atoms with Gasteiger partial charge >= 0.3 is 12.3 Å². The van der Waals surface area contributed by atoms with Gasteiger partial charge in [0.05, 0.1) is 13.3 Å². The molecule has 0 spiro atoms. The molecule has 19 heavy (non-hydrogen) atoms. The molecule has 0 aromatic carbocycles. The van der Waals surface area contributed by atoms with Crippen LogP contribution in [-0.4, -0.2) is 46.8 Å². The van der Waals surface area contributed by atoms with Gasteiger partial charge in [0.1, 0.15) is 13.1 Å². The predicted molar refractivity (Wildman–Crippen MR) is 55.1 cm³/mol. The number of aromatic nitrogens is 3. The maximum atomic E-state index is 11.8. The molecule has 1 aromatic rings. The van der Waals surface area contributed by atoms with Crippen LogP contribution in [0.1, 0.15) is 0 Å². The number of amides is 2. The van der Waals surface area contributed by atoms with Crippen LogP contribution in [0.5, 0.6) is 0 Å². The number of hydrogen-bond acceptors (Lipinski definition) is 5. The summed E-state index contributed by atoms with van der Waals surface area (Å²) in [5, 5.41) is 10.7. The maximum absolute atomic E-state index is 11.8. The van der Waals surface area contributed by atoms with E-state index < -0.39 is 31.3 Å². The number of ether oxygens (including phenoxy) is 1. The minimum Gasteiger partial charge on any atom is -0.453 e. The van der Waals surface area contributed by atoms with Crippen LogP contribution in [0, 0.1) is 0 Å². The number of rotatable bonds is 4. The topological polar surface area (TPSA) is 98.1 Å². The van der Waals surface area contributed by atoms with Gasteiger partial charge in [-0.1, -0.05) is 5.21 Å². The van der Waals surface area contributed by atoms with Gasteiger partial charge in [0.15, 0.2) is 5.82 Å². The summed E-state index contributed by atoms with van der Waals surface area (Å²) < 4.78 is 40.7. The fourth-order valence-corrected chi connectivity index (χ4v) is 0.990. The predicted octanol–water partition coefficient (Wildman–Crippen LogP) is 0.135. The highest BCUT2D eigenvalue weighted by molar-refractivity contribution is 5.82. The Hall–Kier alpha value is -2.33. The lowest BCUT2D eigenvalue weighted by Gasteiger charge is -2.07. The SMILES string of the molecule is COC(=O)Nc1cn(CC(=O)NCC(F)(F)F)nn1. The Morgan fingerprint density at radius 2 is 2.16 bits per heavy atom. The minimum absolute atomic E-state index is 0.00970. The first kappa shape index (κ1) is 14.7. The summed E-state index contributed by atoms with van der Waals surface area (Å²) in [7, 11) is 1.14. The molecule has 8 nitrogen and oxygen atoms in total. The van der Waals surface area contributed by atoms with Gasteiger partial charge in [-0.3, -0.25) is 10.1 Å². The highest BCUT2D eigenvalue weighted by Gasteiger charge is 2.27. The molecule has 1 aromatic heterocycles. The van der Waals surface area contributed by atoms with Gasteiger partial charge in [-0.2, -0.15) is 13.2 Å². The molecular weight excluding hydrogens is 271 g/mol. The van der Waals surface area contributed by atoms with Crippen molar-refractivity contribution < 1.29 is 27.5 Å². The Morgan fingerprint density at radius 1 is 1.47 bits per heavy atom. The third-order valence-corrected chi connectivity index (χ3v) is 1.75. The molecule has 0 aliphatic carbocycles. The summed E-state index contributed by atoms with van der Waals surface area (Å²) in [6, 6.07) is 0. The highest BCUT2D eigenvalue weighted by Crippen LogP contribution is 2.12. The maximum Gasteiger partial charge on any atom is 0.412 e. The zero-order valence-electron chi connectivity index (χ0n) is 9.69. The van der Waals surface area contributed by atoms with Crippen LogP contribution in [0.25, 0.3) is 0 Å². The van der Waals surface area contributed by atoms with Crippen LogP contribution in [0.4, 0.5) is 23.8 Å². The summed E-state index contributed by atoms with van der Waals surface area (Å²) in [5.41, 5.74) is 0. The van der Waals surface area contributed by atoms with Gasteiger partial charge < -0.3 is 10.1 Å². The molecule has 0 radical (unpaired) electrons. The van der Waals surface area contributed by atoms with E-state index in [-0.39, 0.29) is 5.82 Å². The zero-order chi connectivity index (χ0) is 14.5. The second-order valence-corrected chi connectivity index (χ2v) is 3.31. The van der Waals surface area contributed by atoms with Gasteiger partial charge in [0, 0.05) is 0 Å². The van der Waals surface area contributed by atoms with Crippen molar-refractivity contribution in [3.05, 3.63) is 6.20 Å². The van der Waals surface area contributed by atoms with Gasteiger partial charge in [-0.15, -0.1) is 5.10 Å². The number of carbonyl (C=O) groups is 2. The molecule has 0 aliphatic heterocycles. The van der Waals surface area contributed by atoms with Crippen LogP contribution in [0.3, 0.4) is 0 Å². The lowest BCUT2D eigenvalue weighted by Crippen LogP contribution is -2.35. The lowest BCUT2D eigenvalue weighted by atomic mass is 10.5. The number of halogens is 3. The zero-order valence-corrected chi connectivity index (χ0v) is 9.69. The Balaban J connectivity index is 2.45. The van der Waals surface area contributed by atoms with Crippen molar-refractivity contribution >= 4 is 17.8 Å². The van der Waals surface area contributed by atoms with Gasteiger partial charge in [-0.25, -0.2) is 9.48 Å². The van der Waals surface area contributed by atoms with E-state index in [9.17, 15) is 22.8 Å². The van der Waals surface area contributed by atoms with Crippen LogP contribution in [0.15, 0.2) is 6.20 Å². The second-order valence-electron chi connectivity index (χ2n) is 3.31. The van der Waals surface area contributed by atoms with Crippen LogP contribution in [-0.2, 0) is 16.1 Å². The quantitative estimate of drug-likeness (QED) is 0.817. The van der Waals surface area contributed by atoms with E-state index in [0.717, 1.165) is 11.8 Å². The minimum atomic E-state index is -4.48. The van der Waals surface area contributed by atoms with Crippen molar-refractivity contribution in [3.63, 3.8) is 0 Å². The number of methoxy groups -OCH3 is 1. The molecule has 1 heterocycles. The smallest absolute Gasteiger partial charge is 0.412 e. The number of nitrogens with zero attached hydrogens (tertiary/aromatic N) is 3. The summed E-state index contributed by atoms with van der Waals surface area (Å²) in [6.45, 7) is -1.88. The van der Waals surface area contributed by atoms with E-state index in [2.05, 4.69) is 20.4 Å². The summed E-state index contributed by atoms with van der Waals surface area (Å²) in [6.07, 6.45) is -4.09. The van der Waals surface area contributed by atoms with Gasteiger partial charge in [0.2, 0.25) is 5.91 Å². The third-order valence-electron chi connectivity index (χ3n) is 1.75. The highest BCUT2D eigenvalue weighted by atomic mass is 19.4. The molecule has 0 atom stereocenters. The van der Waals surface area contributed by atoms with Crippen molar-refractivity contribution in [3.8, 4) is 0 Å². The van der Waals surface area contributed by atoms with Crippen molar-refractivity contribution in [2.45, 2.75) is 12.7 Å². The second kappa shape index (κ2) is 6.02. The van der Waals surface area contributed by atoms with E-state index in [1.807, 2.05) is 0 Å². The van der Waals surface area contributed by atoms with Crippen LogP contribution < -0.4 is 10.6 Å². The van der Waals surface area contributed by atoms with E-state index in [1.165, 1.54) is 6.20 Å². The first-order valence-corrected chi connectivity index (χ1v) is 4.88. The molecule has 1 rings (SSSR count). The molecule has 11 heteroatoms. The number of anilines is 1. The molecule has 0 aliphatic rings. The molecule has 0 saturated carbocycles. The van der Waals surface area contributed by atoms with E-state index >= 15 is 0 Å². The Morgan fingerprint density at radius 3 is 2.74 bits per heavy atom. The largest absolute Gasteiger partial charge is 0.453 e. The normalized spacial score (nSPS) is 10.9. The summed E-state index contributed by atoms with van der Waals surface area (Å²) in [4.78, 5) is 21.9. The fraction of sp³-hybridized carbons (Fsp3) is 0.500. The average molecular weight is 281 g/mol. The molecular formula is C8H10F3N5O3. The lowest BCUT2D eigenvalue weighted by molar-refractivity contribution is -0.138. The van der Waals surface area contributed by atoms with Crippen molar-refractivity contribution in [1.82, 2.24) is 20.3 Å². The molecule has 106 valence electrons. The average Bonchev–Trinajstić information content (AvgIpc) is 2.73. The number of nitrogens with one attached hydrogen (secondary N) is 2. The first-order chi connectivity index (χ1) is 8.80. The number of hydrogen-bond donors (Lipinski definition) is 2. The van der Waals surface area contributed by atoms with E-state index in [0.29, 0.717) is 0 Å². The molecule has 0 saturated heterocycles. The molecule has 0 bridgehead atoms. The Bertz CT molecular complexity index is 459. The van der Waals surface area contributed by atoms with E-state index in [1.54, 1.807) is 5.32 Å². The number of alkyl halides is 3. The van der Waals surface area contributed by atoms with Crippen LogP contribution >= 0.6 is 0 Å². The molecule has 2 amide bonds. The summed E-state index contributed by atoms with van der Waals surface area (Å²) >= 11 is 0. The van der Waals surface area contributed by atoms with Gasteiger partial charge in [0.25, 0.3) is 0 Å². The summed E-state index contributed by atoms with van der Waals surface area (Å²) in [5.74, 6) is -0.873. The Kier molecular flexibility index (Phi) is 4.67. The van der Waals surface area contributed by atoms with Crippen molar-refractivity contribution in [1.29, 1.82) is 0 Å². The van der Waals surface area contributed by atoms with Gasteiger partial charge in [-0.05, 0) is 0 Å².